The van der Waals surface area contributed by atoms with Gasteiger partial charge in [0.2, 0.25) is 5.91 Å². The van der Waals surface area contributed by atoms with E-state index in [-0.39, 0.29) is 11.9 Å². The summed E-state index contributed by atoms with van der Waals surface area (Å²) >= 11 is 1.60. The number of hydrogen-bond acceptors (Lipinski definition) is 4. The number of piperidine rings is 1. The molecule has 1 aliphatic rings. The SMILES string of the molecule is Cc1cccc(-c2nc(CC(=O)NC3CNCCC3C)cs2)c1. The molecule has 2 unspecified atom stereocenters. The molecule has 1 saturated heterocycles. The molecule has 122 valence electrons. The normalized spacial score (nSPS) is 21.1. The molecule has 3 rings (SSSR count). The number of carbonyl (C=O) groups excluding carboxylic acids is 1. The molecule has 2 N–H and O–H groups in total. The number of aryl methyl sites for hydroxylation is 1. The number of amides is 1. The summed E-state index contributed by atoms with van der Waals surface area (Å²) in [5, 5.41) is 9.44. The maximum Gasteiger partial charge on any atom is 0.226 e. The summed E-state index contributed by atoms with van der Waals surface area (Å²) in [6.07, 6.45) is 1.46. The molecule has 2 heterocycles. The second-order valence-corrected chi connectivity index (χ2v) is 7.19. The minimum absolute atomic E-state index is 0.0617. The van der Waals surface area contributed by atoms with Gasteiger partial charge >= 0.3 is 0 Å². The van der Waals surface area contributed by atoms with Crippen molar-refractivity contribution in [2.75, 3.05) is 13.1 Å². The third-order valence-corrected chi connectivity index (χ3v) is 5.27. The van der Waals surface area contributed by atoms with E-state index in [4.69, 9.17) is 0 Å². The molecule has 0 radical (unpaired) electrons. The molecule has 1 aromatic carbocycles. The average molecular weight is 329 g/mol. The minimum Gasteiger partial charge on any atom is -0.351 e. The van der Waals surface area contributed by atoms with Crippen LogP contribution in [0.4, 0.5) is 0 Å². The number of hydrogen-bond donors (Lipinski definition) is 2. The Morgan fingerprint density at radius 2 is 2.35 bits per heavy atom. The smallest absolute Gasteiger partial charge is 0.226 e. The van der Waals surface area contributed by atoms with Crippen molar-refractivity contribution >= 4 is 17.2 Å². The highest BCUT2D eigenvalue weighted by molar-refractivity contribution is 7.13. The standard InChI is InChI=1S/C18H23N3OS/c1-12-4-3-5-14(8-12)18-20-15(11-23-18)9-17(22)21-16-10-19-7-6-13(16)2/h3-5,8,11,13,16,19H,6-7,9-10H2,1-2H3,(H,21,22). The Morgan fingerprint density at radius 1 is 1.48 bits per heavy atom. The molecule has 1 fully saturated rings. The van der Waals surface area contributed by atoms with Gasteiger partial charge in [-0.15, -0.1) is 11.3 Å². The quantitative estimate of drug-likeness (QED) is 0.907. The molecular weight excluding hydrogens is 306 g/mol. The number of nitrogens with zero attached hydrogens (tertiary/aromatic N) is 1. The number of nitrogens with one attached hydrogen (secondary N) is 2. The van der Waals surface area contributed by atoms with Crippen molar-refractivity contribution in [3.63, 3.8) is 0 Å². The zero-order chi connectivity index (χ0) is 16.2. The summed E-state index contributed by atoms with van der Waals surface area (Å²) in [6, 6.07) is 8.52. The lowest BCUT2D eigenvalue weighted by Gasteiger charge is -2.30. The van der Waals surface area contributed by atoms with Gasteiger partial charge in [0.15, 0.2) is 0 Å². The first-order valence-electron chi connectivity index (χ1n) is 8.13. The Labute approximate surface area is 141 Å². The van der Waals surface area contributed by atoms with Gasteiger partial charge in [0.25, 0.3) is 0 Å². The van der Waals surface area contributed by atoms with E-state index < -0.39 is 0 Å². The molecule has 23 heavy (non-hydrogen) atoms. The molecular formula is C18H23N3OS. The molecule has 2 atom stereocenters. The van der Waals surface area contributed by atoms with Crippen LogP contribution < -0.4 is 10.6 Å². The highest BCUT2D eigenvalue weighted by Gasteiger charge is 2.22. The van der Waals surface area contributed by atoms with Crippen LogP contribution in [0.1, 0.15) is 24.6 Å². The van der Waals surface area contributed by atoms with Gasteiger partial charge in [-0.05, 0) is 31.9 Å². The lowest BCUT2D eigenvalue weighted by Crippen LogP contribution is -2.50. The number of carbonyl (C=O) groups is 1. The van der Waals surface area contributed by atoms with Crippen molar-refractivity contribution in [2.45, 2.75) is 32.7 Å². The lowest BCUT2D eigenvalue weighted by molar-refractivity contribution is -0.121. The van der Waals surface area contributed by atoms with Gasteiger partial charge in [0, 0.05) is 23.5 Å². The first kappa shape index (κ1) is 16.1. The van der Waals surface area contributed by atoms with Gasteiger partial charge in [-0.1, -0.05) is 30.7 Å². The highest BCUT2D eigenvalue weighted by Crippen LogP contribution is 2.24. The zero-order valence-corrected chi connectivity index (χ0v) is 14.5. The van der Waals surface area contributed by atoms with Gasteiger partial charge in [-0.3, -0.25) is 4.79 Å². The monoisotopic (exact) mass is 329 g/mol. The van der Waals surface area contributed by atoms with Crippen LogP contribution >= 0.6 is 11.3 Å². The topological polar surface area (TPSA) is 54.0 Å². The Bertz CT molecular complexity index is 682. The fraction of sp³-hybridized carbons (Fsp3) is 0.444. The molecule has 0 bridgehead atoms. The van der Waals surface area contributed by atoms with Gasteiger partial charge in [0.05, 0.1) is 12.1 Å². The van der Waals surface area contributed by atoms with E-state index in [1.54, 1.807) is 11.3 Å². The van der Waals surface area contributed by atoms with Crippen LogP contribution in [0, 0.1) is 12.8 Å². The van der Waals surface area contributed by atoms with E-state index in [1.807, 2.05) is 11.4 Å². The third kappa shape index (κ3) is 4.18. The molecule has 5 heteroatoms. The molecule has 0 saturated carbocycles. The maximum atomic E-state index is 12.3. The van der Waals surface area contributed by atoms with E-state index in [9.17, 15) is 4.79 Å². The van der Waals surface area contributed by atoms with E-state index in [0.29, 0.717) is 12.3 Å². The fourth-order valence-electron chi connectivity index (χ4n) is 2.90. The summed E-state index contributed by atoms with van der Waals surface area (Å²) in [5.41, 5.74) is 3.18. The summed E-state index contributed by atoms with van der Waals surface area (Å²) in [4.78, 5) is 16.9. The molecule has 4 nitrogen and oxygen atoms in total. The maximum absolute atomic E-state index is 12.3. The summed E-state index contributed by atoms with van der Waals surface area (Å²) < 4.78 is 0. The van der Waals surface area contributed by atoms with Crippen LogP contribution in [-0.4, -0.2) is 30.0 Å². The van der Waals surface area contributed by atoms with Crippen LogP contribution in [0.3, 0.4) is 0 Å². The van der Waals surface area contributed by atoms with Crippen molar-refractivity contribution in [3.8, 4) is 10.6 Å². The second-order valence-electron chi connectivity index (χ2n) is 6.33. The Morgan fingerprint density at radius 3 is 3.13 bits per heavy atom. The molecule has 0 spiro atoms. The van der Waals surface area contributed by atoms with Crippen molar-refractivity contribution in [1.29, 1.82) is 0 Å². The number of thiazole rings is 1. The Kier molecular flexibility index (Phi) is 5.08. The van der Waals surface area contributed by atoms with Crippen LogP contribution in [-0.2, 0) is 11.2 Å². The van der Waals surface area contributed by atoms with Crippen molar-refractivity contribution in [1.82, 2.24) is 15.6 Å². The lowest BCUT2D eigenvalue weighted by atomic mass is 9.95. The van der Waals surface area contributed by atoms with E-state index >= 15 is 0 Å². The zero-order valence-electron chi connectivity index (χ0n) is 13.6. The number of rotatable bonds is 4. The van der Waals surface area contributed by atoms with E-state index in [2.05, 4.69) is 47.7 Å². The first-order chi connectivity index (χ1) is 11.1. The van der Waals surface area contributed by atoms with Gasteiger partial charge in [-0.25, -0.2) is 4.98 Å². The predicted molar refractivity (Wildman–Crippen MR) is 94.6 cm³/mol. The van der Waals surface area contributed by atoms with E-state index in [1.165, 1.54) is 5.56 Å². The highest BCUT2D eigenvalue weighted by atomic mass is 32.1. The van der Waals surface area contributed by atoms with Gasteiger partial charge in [-0.2, -0.15) is 0 Å². The Balaban J connectivity index is 1.61. The predicted octanol–water partition coefficient (Wildman–Crippen LogP) is 2.78. The molecule has 1 aromatic heterocycles. The van der Waals surface area contributed by atoms with Crippen LogP contribution in [0.15, 0.2) is 29.6 Å². The fourth-order valence-corrected chi connectivity index (χ4v) is 3.72. The summed E-state index contributed by atoms with van der Waals surface area (Å²) in [5.74, 6) is 0.588. The molecule has 0 aliphatic carbocycles. The minimum atomic E-state index is 0.0617. The third-order valence-electron chi connectivity index (χ3n) is 4.33. The van der Waals surface area contributed by atoms with Crippen LogP contribution in [0.2, 0.25) is 0 Å². The van der Waals surface area contributed by atoms with Crippen molar-refractivity contribution in [3.05, 3.63) is 40.9 Å². The molecule has 1 amide bonds. The summed E-state index contributed by atoms with van der Waals surface area (Å²) in [6.45, 7) is 6.17. The molecule has 1 aliphatic heterocycles. The summed E-state index contributed by atoms with van der Waals surface area (Å²) in [7, 11) is 0. The van der Waals surface area contributed by atoms with Crippen LogP contribution in [0.5, 0.6) is 0 Å². The van der Waals surface area contributed by atoms with Crippen molar-refractivity contribution < 1.29 is 4.79 Å². The average Bonchev–Trinajstić information content (AvgIpc) is 2.98. The first-order valence-corrected chi connectivity index (χ1v) is 9.01. The van der Waals surface area contributed by atoms with Crippen molar-refractivity contribution in [2.24, 2.45) is 5.92 Å². The largest absolute Gasteiger partial charge is 0.351 e. The van der Waals surface area contributed by atoms with Gasteiger partial charge in [0.1, 0.15) is 5.01 Å². The second kappa shape index (κ2) is 7.23. The number of benzene rings is 1. The van der Waals surface area contributed by atoms with Gasteiger partial charge < -0.3 is 10.6 Å². The molecule has 2 aromatic rings. The van der Waals surface area contributed by atoms with E-state index in [0.717, 1.165) is 35.8 Å². The Hall–Kier alpha value is -1.72. The van der Waals surface area contributed by atoms with Crippen LogP contribution in [0.25, 0.3) is 10.6 Å². The number of aromatic nitrogens is 1.